The second-order valence-corrected chi connectivity index (χ2v) is 3.76. The number of nitrogens with one attached hydrogen (secondary N) is 1. The number of carbonyl (C=O) groups is 1. The number of amides is 1. The number of carbonyl (C=O) groups excluding carboxylic acids is 1. The molecule has 0 spiro atoms. The van der Waals surface area contributed by atoms with Gasteiger partial charge >= 0.3 is 0 Å². The van der Waals surface area contributed by atoms with Crippen LogP contribution in [0.2, 0.25) is 5.02 Å². The number of methoxy groups -OCH3 is 1. The Balaban J connectivity index is 2.64. The third kappa shape index (κ3) is 1.06. The highest BCUT2D eigenvalue weighted by Gasteiger charge is 2.43. The van der Waals surface area contributed by atoms with E-state index in [1.54, 1.807) is 19.1 Å². The van der Waals surface area contributed by atoms with Gasteiger partial charge in [0, 0.05) is 12.7 Å². The summed E-state index contributed by atoms with van der Waals surface area (Å²) in [6.45, 7) is 1.73. The van der Waals surface area contributed by atoms with Gasteiger partial charge in [0.05, 0.1) is 10.7 Å². The summed E-state index contributed by atoms with van der Waals surface area (Å²) < 4.78 is 5.22. The standard InChI is InChI=1S/C10H10ClNO2/c1-10(14-2)6-4-3-5-7(11)8(6)12-9(10)13/h3-5H,1-2H3,(H,12,13). The molecule has 0 saturated heterocycles. The largest absolute Gasteiger partial charge is 0.364 e. The summed E-state index contributed by atoms with van der Waals surface area (Å²) in [4.78, 5) is 11.6. The number of ether oxygens (including phenoxy) is 1. The summed E-state index contributed by atoms with van der Waals surface area (Å²) in [5.41, 5.74) is 0.529. The lowest BCUT2D eigenvalue weighted by Gasteiger charge is -2.19. The molecule has 14 heavy (non-hydrogen) atoms. The minimum Gasteiger partial charge on any atom is -0.364 e. The molecule has 1 heterocycles. The highest BCUT2D eigenvalue weighted by atomic mass is 35.5. The molecule has 3 nitrogen and oxygen atoms in total. The fourth-order valence-corrected chi connectivity index (χ4v) is 1.83. The molecule has 0 aromatic heterocycles. The number of para-hydroxylation sites is 1. The van der Waals surface area contributed by atoms with E-state index < -0.39 is 5.60 Å². The Hall–Kier alpha value is -1.06. The highest BCUT2D eigenvalue weighted by molar-refractivity contribution is 6.34. The van der Waals surface area contributed by atoms with Crippen LogP contribution in [0.3, 0.4) is 0 Å². The minimum absolute atomic E-state index is 0.178. The molecule has 1 aliphatic heterocycles. The summed E-state index contributed by atoms with van der Waals surface area (Å²) in [6.07, 6.45) is 0. The van der Waals surface area contributed by atoms with Crippen LogP contribution in [-0.2, 0) is 15.1 Å². The molecule has 74 valence electrons. The summed E-state index contributed by atoms with van der Waals surface area (Å²) in [5, 5.41) is 3.25. The lowest BCUT2D eigenvalue weighted by Crippen LogP contribution is -2.32. The van der Waals surface area contributed by atoms with Gasteiger partial charge in [-0.25, -0.2) is 0 Å². The summed E-state index contributed by atoms with van der Waals surface area (Å²) in [6, 6.07) is 5.38. The van der Waals surface area contributed by atoms with Crippen LogP contribution in [0.5, 0.6) is 0 Å². The molecule has 1 atom stereocenters. The molecule has 0 saturated carbocycles. The van der Waals surface area contributed by atoms with E-state index in [4.69, 9.17) is 16.3 Å². The van der Waals surface area contributed by atoms with Gasteiger partial charge in [0.1, 0.15) is 0 Å². The fraction of sp³-hybridized carbons (Fsp3) is 0.300. The summed E-state index contributed by atoms with van der Waals surface area (Å²) >= 11 is 5.95. The smallest absolute Gasteiger partial charge is 0.261 e. The Morgan fingerprint density at radius 1 is 1.50 bits per heavy atom. The van der Waals surface area contributed by atoms with Crippen molar-refractivity contribution in [2.45, 2.75) is 12.5 Å². The third-order valence-corrected chi connectivity index (χ3v) is 2.92. The molecule has 2 rings (SSSR count). The maximum Gasteiger partial charge on any atom is 0.261 e. The number of fused-ring (bicyclic) bond motifs is 1. The number of rotatable bonds is 1. The summed E-state index contributed by atoms with van der Waals surface area (Å²) in [7, 11) is 1.51. The van der Waals surface area contributed by atoms with Crippen molar-refractivity contribution in [1.82, 2.24) is 0 Å². The van der Waals surface area contributed by atoms with Crippen LogP contribution in [0.1, 0.15) is 12.5 Å². The molecule has 1 unspecified atom stereocenters. The number of benzene rings is 1. The monoisotopic (exact) mass is 211 g/mol. The van der Waals surface area contributed by atoms with Crippen molar-refractivity contribution >= 4 is 23.2 Å². The zero-order valence-electron chi connectivity index (χ0n) is 7.93. The number of halogens is 1. The highest BCUT2D eigenvalue weighted by Crippen LogP contribution is 2.41. The second-order valence-electron chi connectivity index (χ2n) is 3.35. The van der Waals surface area contributed by atoms with Crippen LogP contribution in [0.25, 0.3) is 0 Å². The Kier molecular flexibility index (Phi) is 2.01. The Morgan fingerprint density at radius 2 is 2.21 bits per heavy atom. The van der Waals surface area contributed by atoms with E-state index in [0.717, 1.165) is 5.56 Å². The van der Waals surface area contributed by atoms with Crippen LogP contribution in [0.15, 0.2) is 18.2 Å². The lowest BCUT2D eigenvalue weighted by molar-refractivity contribution is -0.135. The van der Waals surface area contributed by atoms with Crippen LogP contribution >= 0.6 is 11.6 Å². The van der Waals surface area contributed by atoms with Crippen LogP contribution in [0.4, 0.5) is 5.69 Å². The average molecular weight is 212 g/mol. The van der Waals surface area contributed by atoms with Gasteiger partial charge in [0.25, 0.3) is 5.91 Å². The van der Waals surface area contributed by atoms with E-state index in [1.165, 1.54) is 7.11 Å². The first-order valence-corrected chi connectivity index (χ1v) is 4.63. The SMILES string of the molecule is COC1(C)C(=O)Nc2c(Cl)cccc21. The zero-order chi connectivity index (χ0) is 10.3. The Morgan fingerprint density at radius 3 is 2.86 bits per heavy atom. The van der Waals surface area contributed by atoms with Gasteiger partial charge in [-0.2, -0.15) is 0 Å². The Bertz CT molecular complexity index is 405. The van der Waals surface area contributed by atoms with Gasteiger partial charge in [-0.1, -0.05) is 23.7 Å². The molecule has 1 amide bonds. The maximum absolute atomic E-state index is 11.6. The number of anilines is 1. The van der Waals surface area contributed by atoms with Gasteiger partial charge in [0.2, 0.25) is 0 Å². The van der Waals surface area contributed by atoms with Gasteiger partial charge in [-0.05, 0) is 13.0 Å². The van der Waals surface area contributed by atoms with Crippen LogP contribution < -0.4 is 5.32 Å². The van der Waals surface area contributed by atoms with E-state index in [2.05, 4.69) is 5.32 Å². The molecule has 0 fully saturated rings. The molecule has 0 radical (unpaired) electrons. The van der Waals surface area contributed by atoms with E-state index in [-0.39, 0.29) is 5.91 Å². The van der Waals surface area contributed by atoms with E-state index in [9.17, 15) is 4.79 Å². The quantitative estimate of drug-likeness (QED) is 0.773. The van der Waals surface area contributed by atoms with Crippen molar-refractivity contribution in [3.8, 4) is 0 Å². The van der Waals surface area contributed by atoms with Crippen molar-refractivity contribution in [1.29, 1.82) is 0 Å². The molecule has 0 bridgehead atoms. The lowest BCUT2D eigenvalue weighted by atomic mass is 9.98. The minimum atomic E-state index is -0.916. The first-order valence-electron chi connectivity index (χ1n) is 4.25. The molecule has 1 N–H and O–H groups in total. The number of hydrogen-bond donors (Lipinski definition) is 1. The van der Waals surface area contributed by atoms with Gasteiger partial charge in [-0.3, -0.25) is 4.79 Å². The third-order valence-electron chi connectivity index (χ3n) is 2.61. The number of hydrogen-bond acceptors (Lipinski definition) is 2. The van der Waals surface area contributed by atoms with Crippen molar-refractivity contribution in [3.05, 3.63) is 28.8 Å². The molecule has 1 aromatic carbocycles. The van der Waals surface area contributed by atoms with Crippen LogP contribution in [0, 0.1) is 0 Å². The Labute approximate surface area is 87.0 Å². The summed E-state index contributed by atoms with van der Waals surface area (Å²) in [5.74, 6) is -0.178. The van der Waals surface area contributed by atoms with Crippen molar-refractivity contribution in [2.24, 2.45) is 0 Å². The van der Waals surface area contributed by atoms with E-state index in [1.807, 2.05) is 6.07 Å². The predicted octanol–water partition coefficient (Wildman–Crippen LogP) is 2.15. The fourth-order valence-electron chi connectivity index (χ4n) is 1.61. The topological polar surface area (TPSA) is 38.3 Å². The predicted molar refractivity (Wildman–Crippen MR) is 54.4 cm³/mol. The first-order chi connectivity index (χ1) is 6.59. The van der Waals surface area contributed by atoms with Gasteiger partial charge in [-0.15, -0.1) is 0 Å². The van der Waals surface area contributed by atoms with Gasteiger partial charge in [0.15, 0.2) is 5.60 Å². The van der Waals surface area contributed by atoms with E-state index >= 15 is 0 Å². The maximum atomic E-state index is 11.6. The molecular weight excluding hydrogens is 202 g/mol. The molecular formula is C10H10ClNO2. The molecule has 1 aliphatic rings. The normalized spacial score (nSPS) is 24.6. The molecule has 0 aliphatic carbocycles. The zero-order valence-corrected chi connectivity index (χ0v) is 8.68. The second kappa shape index (κ2) is 2.97. The van der Waals surface area contributed by atoms with E-state index in [0.29, 0.717) is 10.7 Å². The first kappa shape index (κ1) is 9.49. The molecule has 1 aromatic rings. The van der Waals surface area contributed by atoms with Crippen molar-refractivity contribution < 1.29 is 9.53 Å². The van der Waals surface area contributed by atoms with Crippen molar-refractivity contribution in [2.75, 3.05) is 12.4 Å². The molecule has 4 heteroatoms. The average Bonchev–Trinajstić information content (AvgIpc) is 2.43. The van der Waals surface area contributed by atoms with Gasteiger partial charge < -0.3 is 10.1 Å². The van der Waals surface area contributed by atoms with Crippen molar-refractivity contribution in [3.63, 3.8) is 0 Å². The van der Waals surface area contributed by atoms with Crippen LogP contribution in [-0.4, -0.2) is 13.0 Å².